The summed E-state index contributed by atoms with van der Waals surface area (Å²) in [6.07, 6.45) is 8.34. The Kier molecular flexibility index (Phi) is 5.57. The lowest BCUT2D eigenvalue weighted by Gasteiger charge is -2.21. The van der Waals surface area contributed by atoms with E-state index in [2.05, 4.69) is 20.4 Å². The Morgan fingerprint density at radius 1 is 1.18 bits per heavy atom. The molecule has 1 aromatic carbocycles. The molecule has 2 heterocycles. The Balaban J connectivity index is 1.45. The molecule has 0 unspecified atom stereocenters. The van der Waals surface area contributed by atoms with Crippen molar-refractivity contribution >= 4 is 32.5 Å². The Hall–Kier alpha value is -2.87. The largest absolute Gasteiger partial charge is 0.457 e. The summed E-state index contributed by atoms with van der Waals surface area (Å²) in [4.78, 5) is 8.82. The number of thiazole rings is 1. The third kappa shape index (κ3) is 4.33. The number of hydrogen-bond donors (Lipinski definition) is 3. The van der Waals surface area contributed by atoms with Gasteiger partial charge in [-0.25, -0.2) is 4.98 Å². The van der Waals surface area contributed by atoms with E-state index < -0.39 is 0 Å². The van der Waals surface area contributed by atoms with Gasteiger partial charge in [-0.05, 0) is 37.0 Å². The van der Waals surface area contributed by atoms with Gasteiger partial charge < -0.3 is 21.6 Å². The number of anilines is 1. The van der Waals surface area contributed by atoms with Crippen molar-refractivity contribution < 1.29 is 4.74 Å². The van der Waals surface area contributed by atoms with Crippen molar-refractivity contribution in [2.75, 3.05) is 11.9 Å². The molecule has 2 aromatic heterocycles. The Labute approximate surface area is 167 Å². The number of nitrogens with zero attached hydrogens (tertiary/aromatic N) is 3. The van der Waals surface area contributed by atoms with E-state index in [-0.39, 0.29) is 5.84 Å². The first-order chi connectivity index (χ1) is 13.7. The van der Waals surface area contributed by atoms with Crippen molar-refractivity contribution in [2.45, 2.75) is 32.1 Å². The number of nitrogens with two attached hydrogens (primary N) is 2. The van der Waals surface area contributed by atoms with Gasteiger partial charge in [-0.15, -0.1) is 0 Å². The number of amidine groups is 1. The van der Waals surface area contributed by atoms with E-state index in [0.29, 0.717) is 11.4 Å². The van der Waals surface area contributed by atoms with E-state index in [1.165, 1.54) is 32.1 Å². The van der Waals surface area contributed by atoms with Crippen LogP contribution in [0, 0.1) is 5.92 Å². The molecule has 3 aromatic rings. The summed E-state index contributed by atoms with van der Waals surface area (Å²) < 4.78 is 7.04. The van der Waals surface area contributed by atoms with Crippen molar-refractivity contribution in [3.63, 3.8) is 0 Å². The lowest BCUT2D eigenvalue weighted by atomic mass is 9.89. The van der Waals surface area contributed by atoms with E-state index in [0.717, 1.165) is 33.6 Å². The molecule has 5 N–H and O–H groups in total. The van der Waals surface area contributed by atoms with Crippen LogP contribution in [0.4, 0.5) is 5.13 Å². The number of pyridine rings is 1. The molecule has 0 saturated heterocycles. The Bertz CT molecular complexity index is 980. The summed E-state index contributed by atoms with van der Waals surface area (Å²) in [7, 11) is 0. The second kappa shape index (κ2) is 8.43. The zero-order chi connectivity index (χ0) is 19.3. The fraction of sp³-hybridized carbons (Fsp3) is 0.350. The van der Waals surface area contributed by atoms with Crippen LogP contribution in [0.15, 0.2) is 41.6 Å². The molecule has 1 saturated carbocycles. The minimum Gasteiger partial charge on any atom is -0.457 e. The predicted octanol–water partition coefficient (Wildman–Crippen LogP) is 4.05. The highest BCUT2D eigenvalue weighted by Crippen LogP contribution is 2.32. The minimum absolute atomic E-state index is 0.164. The molecule has 0 aliphatic heterocycles. The van der Waals surface area contributed by atoms with Gasteiger partial charge in [-0.2, -0.15) is 5.10 Å². The van der Waals surface area contributed by atoms with E-state index in [1.807, 2.05) is 18.2 Å². The molecule has 7 nitrogen and oxygen atoms in total. The first-order valence-corrected chi connectivity index (χ1v) is 10.3. The quantitative estimate of drug-likeness (QED) is 0.251. The number of hydrogen-bond acceptors (Lipinski definition) is 7. The average Bonchev–Trinajstić information content (AvgIpc) is 3.15. The minimum atomic E-state index is 0.164. The molecule has 4 rings (SSSR count). The molecular formula is C20H24N6OS. The predicted molar refractivity (Wildman–Crippen MR) is 114 cm³/mol. The van der Waals surface area contributed by atoms with Crippen LogP contribution in [0.2, 0.25) is 0 Å². The molecule has 0 radical (unpaired) electrons. The van der Waals surface area contributed by atoms with Gasteiger partial charge >= 0.3 is 0 Å². The van der Waals surface area contributed by atoms with Crippen LogP contribution in [0.1, 0.15) is 37.8 Å². The standard InChI is InChI=1S/C20H24N6OS/c21-19(26-22)17-10-15(8-9-23-17)27-14-6-7-16-18(11-14)28-20(25-16)24-12-13-4-2-1-3-5-13/h6-11,13H,1-5,12,22H2,(H2,21,26)(H,24,25). The van der Waals surface area contributed by atoms with Crippen molar-refractivity contribution in [1.82, 2.24) is 9.97 Å². The highest BCUT2D eigenvalue weighted by atomic mass is 32.1. The van der Waals surface area contributed by atoms with Gasteiger partial charge in [0.15, 0.2) is 11.0 Å². The van der Waals surface area contributed by atoms with Crippen LogP contribution in [0.3, 0.4) is 0 Å². The van der Waals surface area contributed by atoms with Crippen molar-refractivity contribution in [1.29, 1.82) is 0 Å². The number of hydrazone groups is 1. The maximum absolute atomic E-state index is 5.95. The summed E-state index contributed by atoms with van der Waals surface area (Å²) in [6, 6.07) is 9.36. The SMILES string of the molecule is N/N=C(\N)c1cc(Oc2ccc3nc(NCC4CCCCC4)sc3c2)ccn1. The van der Waals surface area contributed by atoms with Gasteiger partial charge in [-0.3, -0.25) is 4.98 Å². The smallest absolute Gasteiger partial charge is 0.183 e. The lowest BCUT2D eigenvalue weighted by molar-refractivity contribution is 0.373. The summed E-state index contributed by atoms with van der Waals surface area (Å²) in [5.74, 6) is 7.50. The average molecular weight is 397 g/mol. The van der Waals surface area contributed by atoms with Gasteiger partial charge in [0, 0.05) is 24.9 Å². The van der Waals surface area contributed by atoms with Crippen molar-refractivity contribution in [3.05, 3.63) is 42.2 Å². The fourth-order valence-corrected chi connectivity index (χ4v) is 4.39. The highest BCUT2D eigenvalue weighted by molar-refractivity contribution is 7.22. The Morgan fingerprint density at radius 3 is 2.82 bits per heavy atom. The number of rotatable bonds is 6. The van der Waals surface area contributed by atoms with Gasteiger partial charge in [-0.1, -0.05) is 30.6 Å². The van der Waals surface area contributed by atoms with Crippen LogP contribution in [0.25, 0.3) is 10.2 Å². The first-order valence-electron chi connectivity index (χ1n) is 9.53. The van der Waals surface area contributed by atoms with Crippen molar-refractivity contribution in [3.8, 4) is 11.5 Å². The Morgan fingerprint density at radius 2 is 2.00 bits per heavy atom. The molecule has 1 aliphatic rings. The van der Waals surface area contributed by atoms with Gasteiger partial charge in [0.2, 0.25) is 0 Å². The number of nitrogens with one attached hydrogen (secondary N) is 1. The third-order valence-corrected chi connectivity index (χ3v) is 5.97. The zero-order valence-corrected chi connectivity index (χ0v) is 16.4. The summed E-state index contributed by atoms with van der Waals surface area (Å²) in [6.45, 7) is 1.01. The molecule has 28 heavy (non-hydrogen) atoms. The molecule has 0 atom stereocenters. The molecule has 1 aliphatic carbocycles. The van der Waals surface area contributed by atoms with Crippen molar-refractivity contribution in [2.24, 2.45) is 22.6 Å². The monoisotopic (exact) mass is 396 g/mol. The molecule has 0 spiro atoms. The topological polar surface area (TPSA) is 111 Å². The second-order valence-electron chi connectivity index (χ2n) is 7.03. The second-order valence-corrected chi connectivity index (χ2v) is 8.06. The number of fused-ring (bicyclic) bond motifs is 1. The van der Waals surface area contributed by atoms with E-state index >= 15 is 0 Å². The van der Waals surface area contributed by atoms with Gasteiger partial charge in [0.05, 0.1) is 10.2 Å². The lowest BCUT2D eigenvalue weighted by Crippen LogP contribution is -2.16. The van der Waals surface area contributed by atoms with Crippen LogP contribution in [0.5, 0.6) is 11.5 Å². The normalized spacial score (nSPS) is 15.6. The molecule has 1 fully saturated rings. The summed E-state index contributed by atoms with van der Waals surface area (Å²) >= 11 is 1.65. The molecule has 0 amide bonds. The van der Waals surface area contributed by atoms with E-state index in [4.69, 9.17) is 16.3 Å². The molecule has 0 bridgehead atoms. The highest BCUT2D eigenvalue weighted by Gasteiger charge is 2.14. The summed E-state index contributed by atoms with van der Waals surface area (Å²) in [5, 5.41) is 7.95. The molecular weight excluding hydrogens is 372 g/mol. The molecule has 146 valence electrons. The zero-order valence-electron chi connectivity index (χ0n) is 15.6. The number of ether oxygens (including phenoxy) is 1. The van der Waals surface area contributed by atoms with Gasteiger partial charge in [0.1, 0.15) is 17.2 Å². The van der Waals surface area contributed by atoms with Crippen LogP contribution in [-0.4, -0.2) is 22.3 Å². The maximum atomic E-state index is 5.95. The maximum Gasteiger partial charge on any atom is 0.183 e. The number of aromatic nitrogens is 2. The van der Waals surface area contributed by atoms with Crippen LogP contribution in [-0.2, 0) is 0 Å². The summed E-state index contributed by atoms with van der Waals surface area (Å²) in [5.41, 5.74) is 7.16. The van der Waals surface area contributed by atoms with Crippen LogP contribution >= 0.6 is 11.3 Å². The van der Waals surface area contributed by atoms with Crippen LogP contribution < -0.4 is 21.6 Å². The van der Waals surface area contributed by atoms with Gasteiger partial charge in [0.25, 0.3) is 0 Å². The van der Waals surface area contributed by atoms with E-state index in [1.54, 1.807) is 29.7 Å². The van der Waals surface area contributed by atoms with E-state index in [9.17, 15) is 0 Å². The number of benzene rings is 1. The third-order valence-electron chi connectivity index (χ3n) is 5.00. The fourth-order valence-electron chi connectivity index (χ4n) is 3.48. The first kappa shape index (κ1) is 18.5. The molecule has 8 heteroatoms.